The zero-order valence-electron chi connectivity index (χ0n) is 5.88. The van der Waals surface area contributed by atoms with Crippen molar-refractivity contribution in [2.45, 2.75) is 12.5 Å². The Morgan fingerprint density at radius 1 is 1.45 bits per heavy atom. The van der Waals surface area contributed by atoms with Crippen LogP contribution in [0.2, 0.25) is 0 Å². The first kappa shape index (κ1) is 13.9. The highest BCUT2D eigenvalue weighted by Crippen LogP contribution is 2.34. The summed E-state index contributed by atoms with van der Waals surface area (Å²) in [6.45, 7) is -0.236. The second-order valence-corrected chi connectivity index (χ2v) is 3.90. The summed E-state index contributed by atoms with van der Waals surface area (Å²) in [5.41, 5.74) is 5.19. The summed E-state index contributed by atoms with van der Waals surface area (Å²) >= 11 is 0. The number of aliphatic hydroxyl groups is 1. The highest BCUT2D eigenvalue weighted by Gasteiger charge is 2.14. The molecule has 0 aliphatic heterocycles. The molecule has 0 heterocycles. The van der Waals surface area contributed by atoms with E-state index in [1.54, 1.807) is 0 Å². The van der Waals surface area contributed by atoms with Crippen LogP contribution in [0.25, 0.3) is 0 Å². The largest absolute Gasteiger partial charge is 0.395 e. The summed E-state index contributed by atoms with van der Waals surface area (Å²) in [7, 11) is -3.92. The fraction of sp³-hybridized carbons (Fsp3) is 1.00. The lowest BCUT2D eigenvalue weighted by atomic mass is 10.3. The second-order valence-electron chi connectivity index (χ2n) is 2.12. The maximum atomic E-state index is 10.2. The minimum absolute atomic E-state index is 0. The molecule has 0 aromatic carbocycles. The average Bonchev–Trinajstić information content (AvgIpc) is 1.81. The monoisotopic (exact) mass is 205 g/mol. The molecule has 0 aromatic rings. The van der Waals surface area contributed by atoms with Crippen molar-refractivity contribution in [2.75, 3.05) is 12.8 Å². The molecule has 0 aliphatic rings. The normalized spacial score (nSPS) is 13.8. The van der Waals surface area contributed by atoms with Crippen LogP contribution in [-0.4, -0.2) is 33.7 Å². The molecule has 0 unspecified atom stereocenters. The molecule has 70 valence electrons. The van der Waals surface area contributed by atoms with Gasteiger partial charge in [-0.2, -0.15) is 0 Å². The molecule has 0 fully saturated rings. The van der Waals surface area contributed by atoms with E-state index in [0.29, 0.717) is 0 Å². The van der Waals surface area contributed by atoms with E-state index in [9.17, 15) is 4.57 Å². The van der Waals surface area contributed by atoms with Crippen molar-refractivity contribution < 1.29 is 19.5 Å². The predicted octanol–water partition coefficient (Wildman–Crippen LogP) is -0.704. The van der Waals surface area contributed by atoms with Crippen molar-refractivity contribution in [2.24, 2.45) is 5.73 Å². The fourth-order valence-electron chi connectivity index (χ4n) is 0.425. The van der Waals surface area contributed by atoms with Crippen LogP contribution in [0.5, 0.6) is 0 Å². The molecule has 0 spiro atoms. The van der Waals surface area contributed by atoms with Crippen molar-refractivity contribution >= 4 is 20.0 Å². The summed E-state index contributed by atoms with van der Waals surface area (Å²) in [6, 6.07) is -0.521. The van der Waals surface area contributed by atoms with E-state index in [0.717, 1.165) is 0 Å². The van der Waals surface area contributed by atoms with Gasteiger partial charge in [0.25, 0.3) is 0 Å². The van der Waals surface area contributed by atoms with Gasteiger partial charge < -0.3 is 20.6 Å². The molecule has 0 saturated heterocycles. The van der Waals surface area contributed by atoms with Crippen LogP contribution in [0.1, 0.15) is 6.42 Å². The molecule has 5 N–H and O–H groups in total. The number of hydrogen-bond donors (Lipinski definition) is 4. The smallest absolute Gasteiger partial charge is 0.325 e. The van der Waals surface area contributed by atoms with E-state index in [-0.39, 0.29) is 31.6 Å². The topological polar surface area (TPSA) is 104 Å². The zero-order valence-corrected chi connectivity index (χ0v) is 7.59. The molecule has 11 heavy (non-hydrogen) atoms. The predicted molar refractivity (Wildman–Crippen MR) is 43.8 cm³/mol. The Labute approximate surface area is 71.2 Å². The molecule has 0 rings (SSSR count). The maximum absolute atomic E-state index is 10.2. The van der Waals surface area contributed by atoms with Gasteiger partial charge in [-0.25, -0.2) is 0 Å². The maximum Gasteiger partial charge on any atom is 0.325 e. The van der Waals surface area contributed by atoms with Gasteiger partial charge in [0.15, 0.2) is 0 Å². The van der Waals surface area contributed by atoms with Gasteiger partial charge in [0.05, 0.1) is 12.8 Å². The Morgan fingerprint density at radius 2 is 1.91 bits per heavy atom. The number of halogens is 1. The Morgan fingerprint density at radius 3 is 2.18 bits per heavy atom. The zero-order chi connectivity index (χ0) is 8.20. The highest BCUT2D eigenvalue weighted by atomic mass is 35.5. The lowest BCUT2D eigenvalue weighted by molar-refractivity contribution is 0.261. The Balaban J connectivity index is 0. The van der Waals surface area contributed by atoms with E-state index in [1.165, 1.54) is 0 Å². The first-order valence-corrected chi connectivity index (χ1v) is 4.66. The molecule has 0 radical (unpaired) electrons. The minimum atomic E-state index is -3.92. The Hall–Kier alpha value is 0.360. The SMILES string of the molecule is Cl.N[C@@H](CO)CCP(=O)(O)O. The van der Waals surface area contributed by atoms with E-state index in [1.807, 2.05) is 0 Å². The van der Waals surface area contributed by atoms with Crippen LogP contribution < -0.4 is 5.73 Å². The van der Waals surface area contributed by atoms with Crippen molar-refractivity contribution in [1.29, 1.82) is 0 Å². The molecule has 0 aromatic heterocycles. The highest BCUT2D eigenvalue weighted by molar-refractivity contribution is 7.51. The van der Waals surface area contributed by atoms with Crippen LogP contribution in [0.4, 0.5) is 0 Å². The molecule has 0 saturated carbocycles. The van der Waals surface area contributed by atoms with E-state index >= 15 is 0 Å². The molecule has 0 bridgehead atoms. The van der Waals surface area contributed by atoms with Gasteiger partial charge in [-0.15, -0.1) is 12.4 Å². The molecular formula is C4H13ClNO4P. The Bertz CT molecular complexity index is 138. The standard InChI is InChI=1S/C4H12NO4P.ClH/c5-4(3-6)1-2-10(7,8)9;/h4,6H,1-3,5H2,(H2,7,8,9);1H/t4-;/m1./s1. The third-order valence-electron chi connectivity index (χ3n) is 1.03. The van der Waals surface area contributed by atoms with E-state index in [2.05, 4.69) is 0 Å². The number of nitrogens with two attached hydrogens (primary N) is 1. The lowest BCUT2D eigenvalue weighted by Crippen LogP contribution is -2.25. The summed E-state index contributed by atoms with van der Waals surface area (Å²) in [4.78, 5) is 16.7. The van der Waals surface area contributed by atoms with Crippen LogP contribution >= 0.6 is 20.0 Å². The van der Waals surface area contributed by atoms with Crippen molar-refractivity contribution in [3.8, 4) is 0 Å². The van der Waals surface area contributed by atoms with Crippen LogP contribution in [0.15, 0.2) is 0 Å². The first-order valence-electron chi connectivity index (χ1n) is 2.86. The van der Waals surface area contributed by atoms with Crippen LogP contribution in [0, 0.1) is 0 Å². The van der Waals surface area contributed by atoms with Gasteiger partial charge in [-0.1, -0.05) is 0 Å². The van der Waals surface area contributed by atoms with Gasteiger partial charge in [-0.3, -0.25) is 4.57 Å². The lowest BCUT2D eigenvalue weighted by Gasteiger charge is -2.07. The second kappa shape index (κ2) is 5.94. The molecular weight excluding hydrogens is 192 g/mol. The number of rotatable bonds is 4. The van der Waals surface area contributed by atoms with Gasteiger partial charge in [0.2, 0.25) is 0 Å². The van der Waals surface area contributed by atoms with Gasteiger partial charge in [0.1, 0.15) is 0 Å². The molecule has 1 atom stereocenters. The molecule has 0 amide bonds. The molecule has 0 aliphatic carbocycles. The fourth-order valence-corrected chi connectivity index (χ4v) is 1.09. The molecule has 7 heteroatoms. The van der Waals surface area contributed by atoms with Crippen LogP contribution in [0.3, 0.4) is 0 Å². The van der Waals surface area contributed by atoms with Crippen molar-refractivity contribution in [3.63, 3.8) is 0 Å². The van der Waals surface area contributed by atoms with Gasteiger partial charge in [-0.05, 0) is 6.42 Å². The summed E-state index contributed by atoms with van der Waals surface area (Å²) < 4.78 is 10.2. The van der Waals surface area contributed by atoms with E-state index < -0.39 is 13.6 Å². The van der Waals surface area contributed by atoms with E-state index in [4.69, 9.17) is 20.6 Å². The summed E-state index contributed by atoms with van der Waals surface area (Å²) in [5.74, 6) is 0. The van der Waals surface area contributed by atoms with Gasteiger partial charge >= 0.3 is 7.60 Å². The quantitative estimate of drug-likeness (QED) is 0.454. The van der Waals surface area contributed by atoms with Crippen molar-refractivity contribution in [3.05, 3.63) is 0 Å². The van der Waals surface area contributed by atoms with Gasteiger partial charge in [0, 0.05) is 6.04 Å². The third-order valence-corrected chi connectivity index (χ3v) is 1.87. The third kappa shape index (κ3) is 10.4. The summed E-state index contributed by atoms with van der Waals surface area (Å²) in [6.07, 6.45) is -0.102. The minimum Gasteiger partial charge on any atom is -0.395 e. The number of aliphatic hydroxyl groups excluding tert-OH is 1. The molecule has 5 nitrogen and oxygen atoms in total. The summed E-state index contributed by atoms with van der Waals surface area (Å²) in [5, 5.41) is 8.35. The van der Waals surface area contributed by atoms with Crippen molar-refractivity contribution in [1.82, 2.24) is 0 Å². The Kier molecular flexibility index (Phi) is 7.52. The number of hydrogen-bond acceptors (Lipinski definition) is 3. The first-order chi connectivity index (χ1) is 4.45. The average molecular weight is 206 g/mol. The van der Waals surface area contributed by atoms with Crippen LogP contribution in [-0.2, 0) is 4.57 Å².